The molecule has 27 heavy (non-hydrogen) atoms. The van der Waals surface area contributed by atoms with E-state index in [1.54, 1.807) is 13.2 Å². The Morgan fingerprint density at radius 3 is 2.67 bits per heavy atom. The molecule has 1 heterocycles. The van der Waals surface area contributed by atoms with E-state index in [0.717, 1.165) is 44.3 Å². The van der Waals surface area contributed by atoms with Crippen LogP contribution in [0.4, 0.5) is 4.39 Å². The second-order valence-corrected chi connectivity index (χ2v) is 7.45. The minimum Gasteiger partial charge on any atom is -0.385 e. The van der Waals surface area contributed by atoms with Crippen molar-refractivity contribution in [2.75, 3.05) is 26.8 Å². The van der Waals surface area contributed by atoms with Crippen LogP contribution in [0.25, 0.3) is 11.1 Å². The molecule has 3 nitrogen and oxygen atoms in total. The molecule has 3 rings (SSSR count). The number of nitrogens with one attached hydrogen (secondary N) is 1. The summed E-state index contributed by atoms with van der Waals surface area (Å²) >= 11 is 0. The number of benzene rings is 2. The molecule has 1 aliphatic heterocycles. The summed E-state index contributed by atoms with van der Waals surface area (Å²) in [6.45, 7) is 2.41. The molecule has 0 unspecified atom stereocenters. The van der Waals surface area contributed by atoms with Crippen LogP contribution in [0.3, 0.4) is 0 Å². The van der Waals surface area contributed by atoms with E-state index in [4.69, 9.17) is 4.74 Å². The first-order chi connectivity index (χ1) is 13.2. The SMILES string of the molecule is COCCCC[C@@](O)(c1cccc(F)c1-c1ccccc1)[C@@H]1CCCNC1. The van der Waals surface area contributed by atoms with E-state index < -0.39 is 5.60 Å². The van der Waals surface area contributed by atoms with Crippen molar-refractivity contribution in [3.63, 3.8) is 0 Å². The first kappa shape index (κ1) is 20.0. The number of halogens is 1. The van der Waals surface area contributed by atoms with Gasteiger partial charge in [0.25, 0.3) is 0 Å². The van der Waals surface area contributed by atoms with E-state index >= 15 is 0 Å². The van der Waals surface area contributed by atoms with E-state index in [0.29, 0.717) is 24.2 Å². The van der Waals surface area contributed by atoms with Gasteiger partial charge in [-0.25, -0.2) is 4.39 Å². The highest BCUT2D eigenvalue weighted by atomic mass is 19.1. The molecule has 146 valence electrons. The maximum Gasteiger partial charge on any atom is 0.131 e. The Hall–Kier alpha value is -1.75. The van der Waals surface area contributed by atoms with Gasteiger partial charge in [-0.2, -0.15) is 0 Å². The van der Waals surface area contributed by atoms with Gasteiger partial charge >= 0.3 is 0 Å². The Morgan fingerprint density at radius 1 is 1.15 bits per heavy atom. The molecule has 0 radical (unpaired) electrons. The lowest BCUT2D eigenvalue weighted by molar-refractivity contribution is -0.0431. The summed E-state index contributed by atoms with van der Waals surface area (Å²) in [4.78, 5) is 0. The monoisotopic (exact) mass is 371 g/mol. The summed E-state index contributed by atoms with van der Waals surface area (Å²) in [6.07, 6.45) is 4.30. The van der Waals surface area contributed by atoms with Crippen molar-refractivity contribution >= 4 is 0 Å². The molecule has 1 saturated heterocycles. The van der Waals surface area contributed by atoms with Crippen molar-refractivity contribution in [3.05, 3.63) is 59.9 Å². The number of hydrogen-bond donors (Lipinski definition) is 2. The average Bonchev–Trinajstić information content (AvgIpc) is 2.72. The van der Waals surface area contributed by atoms with Crippen molar-refractivity contribution in [1.82, 2.24) is 5.32 Å². The Kier molecular flexibility index (Phi) is 7.00. The zero-order valence-corrected chi connectivity index (χ0v) is 16.1. The Morgan fingerprint density at radius 2 is 1.96 bits per heavy atom. The summed E-state index contributed by atoms with van der Waals surface area (Å²) in [5, 5.41) is 15.3. The number of hydrogen-bond acceptors (Lipinski definition) is 3. The van der Waals surface area contributed by atoms with Gasteiger partial charge in [0, 0.05) is 31.7 Å². The van der Waals surface area contributed by atoms with Crippen molar-refractivity contribution in [3.8, 4) is 11.1 Å². The van der Waals surface area contributed by atoms with Crippen LogP contribution >= 0.6 is 0 Å². The average molecular weight is 371 g/mol. The molecule has 2 aromatic carbocycles. The number of methoxy groups -OCH3 is 1. The summed E-state index contributed by atoms with van der Waals surface area (Å²) in [6, 6.07) is 14.7. The fraction of sp³-hybridized carbons (Fsp3) is 0.478. The minimum atomic E-state index is -1.06. The van der Waals surface area contributed by atoms with Gasteiger partial charge in [0.05, 0.1) is 5.60 Å². The number of ether oxygens (including phenoxy) is 1. The molecule has 4 heteroatoms. The van der Waals surface area contributed by atoms with Gasteiger partial charge in [0.15, 0.2) is 0 Å². The van der Waals surface area contributed by atoms with Crippen LogP contribution in [-0.2, 0) is 10.3 Å². The summed E-state index contributed by atoms with van der Waals surface area (Å²) in [7, 11) is 1.69. The maximum absolute atomic E-state index is 14.9. The summed E-state index contributed by atoms with van der Waals surface area (Å²) < 4.78 is 20.1. The van der Waals surface area contributed by atoms with Gasteiger partial charge in [0.1, 0.15) is 5.82 Å². The van der Waals surface area contributed by atoms with Gasteiger partial charge in [-0.05, 0) is 55.8 Å². The van der Waals surface area contributed by atoms with Gasteiger partial charge in [-0.15, -0.1) is 0 Å². The number of piperidine rings is 1. The second-order valence-electron chi connectivity index (χ2n) is 7.45. The minimum absolute atomic E-state index is 0.0676. The molecule has 0 saturated carbocycles. The van der Waals surface area contributed by atoms with Crippen LogP contribution < -0.4 is 5.32 Å². The third-order valence-corrected chi connectivity index (χ3v) is 5.67. The molecule has 2 atom stereocenters. The normalized spacial score (nSPS) is 19.6. The Labute approximate surface area is 161 Å². The molecule has 1 aliphatic rings. The van der Waals surface area contributed by atoms with Crippen molar-refractivity contribution in [1.29, 1.82) is 0 Å². The van der Waals surface area contributed by atoms with E-state index in [9.17, 15) is 9.50 Å². The van der Waals surface area contributed by atoms with Crippen molar-refractivity contribution in [2.24, 2.45) is 5.92 Å². The van der Waals surface area contributed by atoms with Gasteiger partial charge in [0.2, 0.25) is 0 Å². The molecular weight excluding hydrogens is 341 g/mol. The standard InChI is InChI=1S/C23H30FNO2/c1-27-16-6-5-14-23(26,19-11-8-15-25-17-19)20-12-7-13-21(24)22(20)18-9-3-2-4-10-18/h2-4,7,9-10,12-13,19,25-26H,5-6,8,11,14-17H2,1H3/t19-,23+/m1/s1. The topological polar surface area (TPSA) is 41.5 Å². The zero-order valence-electron chi connectivity index (χ0n) is 16.1. The van der Waals surface area contributed by atoms with E-state index in [-0.39, 0.29) is 11.7 Å². The van der Waals surface area contributed by atoms with Crippen molar-refractivity contribution < 1.29 is 14.2 Å². The Balaban J connectivity index is 2.02. The van der Waals surface area contributed by atoms with Crippen LogP contribution in [0.1, 0.15) is 37.7 Å². The molecule has 0 amide bonds. The largest absolute Gasteiger partial charge is 0.385 e. The fourth-order valence-corrected chi connectivity index (χ4v) is 4.24. The lowest BCUT2D eigenvalue weighted by Gasteiger charge is -2.40. The second kappa shape index (κ2) is 9.45. The highest BCUT2D eigenvalue weighted by Crippen LogP contribution is 2.43. The molecule has 1 fully saturated rings. The lowest BCUT2D eigenvalue weighted by Crippen LogP contribution is -2.44. The molecule has 0 aliphatic carbocycles. The molecule has 0 spiro atoms. The highest BCUT2D eigenvalue weighted by molar-refractivity contribution is 5.69. The molecule has 2 aromatic rings. The number of aliphatic hydroxyl groups is 1. The van der Waals surface area contributed by atoms with Crippen LogP contribution in [0, 0.1) is 11.7 Å². The third-order valence-electron chi connectivity index (χ3n) is 5.67. The van der Waals surface area contributed by atoms with Crippen LogP contribution in [0.5, 0.6) is 0 Å². The predicted octanol–water partition coefficient (Wildman–Crippen LogP) is 4.50. The van der Waals surface area contributed by atoms with E-state index in [1.165, 1.54) is 6.07 Å². The van der Waals surface area contributed by atoms with Gasteiger partial charge in [-0.1, -0.05) is 42.5 Å². The highest BCUT2D eigenvalue weighted by Gasteiger charge is 2.40. The quantitative estimate of drug-likeness (QED) is 0.672. The molecule has 0 bridgehead atoms. The zero-order chi connectivity index (χ0) is 19.1. The van der Waals surface area contributed by atoms with Crippen LogP contribution in [-0.4, -0.2) is 31.9 Å². The van der Waals surface area contributed by atoms with E-state index in [1.807, 2.05) is 36.4 Å². The number of rotatable bonds is 8. The Bertz CT molecular complexity index is 716. The third kappa shape index (κ3) is 4.57. The predicted molar refractivity (Wildman–Crippen MR) is 107 cm³/mol. The lowest BCUT2D eigenvalue weighted by atomic mass is 9.72. The van der Waals surface area contributed by atoms with E-state index in [2.05, 4.69) is 5.32 Å². The maximum atomic E-state index is 14.9. The van der Waals surface area contributed by atoms with Gasteiger partial charge in [-0.3, -0.25) is 0 Å². The summed E-state index contributed by atoms with van der Waals surface area (Å²) in [5.41, 5.74) is 0.983. The fourth-order valence-electron chi connectivity index (χ4n) is 4.24. The van der Waals surface area contributed by atoms with Crippen molar-refractivity contribution in [2.45, 2.75) is 37.7 Å². The number of unbranched alkanes of at least 4 members (excludes halogenated alkanes) is 1. The van der Waals surface area contributed by atoms with Crippen LogP contribution in [0.2, 0.25) is 0 Å². The van der Waals surface area contributed by atoms with Gasteiger partial charge < -0.3 is 15.2 Å². The summed E-state index contributed by atoms with van der Waals surface area (Å²) in [5.74, 6) is -0.212. The first-order valence-electron chi connectivity index (χ1n) is 9.93. The smallest absolute Gasteiger partial charge is 0.131 e. The van der Waals surface area contributed by atoms with Crippen LogP contribution in [0.15, 0.2) is 48.5 Å². The molecule has 0 aromatic heterocycles. The molecule has 2 N–H and O–H groups in total. The molecular formula is C23H30FNO2. The first-order valence-corrected chi connectivity index (χ1v) is 9.93.